The van der Waals surface area contributed by atoms with Crippen LogP contribution in [0.5, 0.6) is 0 Å². The summed E-state index contributed by atoms with van der Waals surface area (Å²) in [5.41, 5.74) is 29.0. The molecule has 12 aromatic carbocycles. The molecule has 0 spiro atoms. The van der Waals surface area contributed by atoms with Gasteiger partial charge in [0.1, 0.15) is 0 Å². The fourth-order valence-electron chi connectivity index (χ4n) is 15.7. The van der Waals surface area contributed by atoms with Crippen LogP contribution in [0.4, 0.5) is 114 Å². The van der Waals surface area contributed by atoms with Crippen molar-refractivity contribution >= 4 is 114 Å². The Labute approximate surface area is 521 Å². The minimum atomic E-state index is -0.925. The van der Waals surface area contributed by atoms with Crippen LogP contribution in [-0.4, -0.2) is 26.2 Å². The second kappa shape index (κ2) is 20.6. The fourth-order valence-corrected chi connectivity index (χ4v) is 15.7. The van der Waals surface area contributed by atoms with Crippen molar-refractivity contribution in [3.05, 3.63) is 301 Å². The summed E-state index contributed by atoms with van der Waals surface area (Å²) in [6, 6.07) is 105. The molecule has 0 N–H and O–H groups in total. The van der Waals surface area contributed by atoms with Crippen LogP contribution in [0.25, 0.3) is 11.1 Å². The molecule has 0 unspecified atom stereocenters. The molecule has 12 aromatic rings. The van der Waals surface area contributed by atoms with E-state index in [1.54, 1.807) is 0 Å². The summed E-state index contributed by atoms with van der Waals surface area (Å²) in [4.78, 5) is 20.0. The third-order valence-corrected chi connectivity index (χ3v) is 19.2. The molecule has 0 saturated heterocycles. The van der Waals surface area contributed by atoms with Gasteiger partial charge in [0.2, 0.25) is 0 Å². The Kier molecular flexibility index (Phi) is 12.1. The highest BCUT2D eigenvalue weighted by Gasteiger charge is 2.48. The van der Waals surface area contributed by atoms with Gasteiger partial charge in [-0.25, -0.2) is 0 Å². The van der Waals surface area contributed by atoms with Gasteiger partial charge in [0.15, 0.2) is 0 Å². The van der Waals surface area contributed by atoms with Crippen molar-refractivity contribution in [1.82, 2.24) is 0 Å². The summed E-state index contributed by atoms with van der Waals surface area (Å²) in [6.07, 6.45) is 0. The Morgan fingerprint density at radius 1 is 0.213 bits per heavy atom. The van der Waals surface area contributed by atoms with Crippen LogP contribution in [0, 0.1) is 0 Å². The Morgan fingerprint density at radius 2 is 0.393 bits per heavy atom. The molecule has 5 aliphatic rings. The van der Waals surface area contributed by atoms with Gasteiger partial charge in [0.05, 0.1) is 96.4 Å². The van der Waals surface area contributed by atoms with E-state index >= 15 is 0 Å². The largest absolute Gasteiger partial charge is 0.338 e. The average molecular weight is 1150 g/mol. The first kappa shape index (κ1) is 52.4. The Balaban J connectivity index is 1.03. The second-order valence-corrected chi connectivity index (χ2v) is 23.5. The molecule has 4 heterocycles. The molecule has 0 atom stereocenters. The van der Waals surface area contributed by atoms with Crippen LogP contribution in [0.2, 0.25) is 0 Å². The van der Waals surface area contributed by atoms with Crippen molar-refractivity contribution in [3.63, 3.8) is 0 Å². The molecule has 8 heteroatoms. The van der Waals surface area contributed by atoms with Gasteiger partial charge in [-0.3, -0.25) is 0 Å². The van der Waals surface area contributed by atoms with Gasteiger partial charge in [0, 0.05) is 48.9 Å². The zero-order valence-electron chi connectivity index (χ0n) is 50.5. The van der Waals surface area contributed by atoms with Crippen molar-refractivity contribution in [2.24, 2.45) is 0 Å². The third-order valence-electron chi connectivity index (χ3n) is 19.2. The van der Waals surface area contributed by atoms with E-state index < -0.39 is 5.41 Å². The predicted molar refractivity (Wildman–Crippen MR) is 373 cm³/mol. The number of benzene rings is 12. The van der Waals surface area contributed by atoms with E-state index in [4.69, 9.17) is 0 Å². The van der Waals surface area contributed by atoms with E-state index in [0.29, 0.717) is 0 Å². The molecule has 89 heavy (non-hydrogen) atoms. The van der Waals surface area contributed by atoms with Gasteiger partial charge in [-0.1, -0.05) is 146 Å². The van der Waals surface area contributed by atoms with E-state index in [2.05, 4.69) is 346 Å². The molecule has 0 saturated carbocycles. The highest BCUT2D eigenvalue weighted by molar-refractivity contribution is 6.05. The zero-order chi connectivity index (χ0) is 59.5. The topological polar surface area (TPSA) is 25.9 Å². The maximum atomic E-state index is 2.54. The van der Waals surface area contributed by atoms with Crippen molar-refractivity contribution in [2.45, 2.75) is 33.1 Å². The van der Waals surface area contributed by atoms with Gasteiger partial charge in [0.25, 0.3) is 0 Å². The smallest absolute Gasteiger partial charge is 0.0716 e. The molecule has 0 radical (unpaired) electrons. The maximum Gasteiger partial charge on any atom is 0.0716 e. The van der Waals surface area contributed by atoms with Crippen LogP contribution in [-0.2, 0) is 5.41 Å². The Hall–Kier alpha value is -11.0. The van der Waals surface area contributed by atoms with Crippen molar-refractivity contribution < 1.29 is 0 Å². The summed E-state index contributed by atoms with van der Waals surface area (Å²) in [5.74, 6) is 0. The van der Waals surface area contributed by atoms with Crippen molar-refractivity contribution in [2.75, 3.05) is 65.4 Å². The first-order valence-corrected chi connectivity index (χ1v) is 31.6. The molecule has 4 aliphatic heterocycles. The number of para-hydroxylation sites is 16. The minimum absolute atomic E-state index is 0.822. The van der Waals surface area contributed by atoms with Crippen LogP contribution >= 0.6 is 0 Å². The summed E-state index contributed by atoms with van der Waals surface area (Å²) in [5, 5.41) is 0. The minimum Gasteiger partial charge on any atom is -0.338 e. The first-order valence-electron chi connectivity index (χ1n) is 31.6. The third kappa shape index (κ3) is 7.59. The van der Waals surface area contributed by atoms with Gasteiger partial charge in [-0.15, -0.1) is 0 Å². The number of hydrogen-bond donors (Lipinski definition) is 0. The van der Waals surface area contributed by atoms with E-state index in [1.807, 2.05) is 0 Å². The molecule has 0 bridgehead atoms. The van der Waals surface area contributed by atoms with E-state index in [-0.39, 0.29) is 0 Å². The standard InChI is InChI=1S/C81H66N8/c1-5-82-65-33-13-21-41-73(65)86(74-42-22-14-34-66(74)82)57-49-55(50-58(53-57)87-75-43-23-15-35-67(75)83(6-2)68-36-16-24-44-76(68)87)81(63-31-11-9-29-61(63)62-30-10-12-32-64(62)81)56-51-59(88-77-45-25-17-37-69(77)84(7-3)70-38-18-26-46-78(70)88)54-60(52-56)89-79-47-27-19-39-71(79)85(8-4)72-40-20-28-48-80(72)89/h9-54H,5-8H2,1-4H3. The summed E-state index contributed by atoms with van der Waals surface area (Å²) in [7, 11) is 0. The number of nitrogens with zero attached hydrogens (tertiary/aromatic N) is 8. The lowest BCUT2D eigenvalue weighted by Crippen LogP contribution is -2.32. The Bertz CT molecular complexity index is 4060. The second-order valence-electron chi connectivity index (χ2n) is 23.5. The number of hydrogen-bond acceptors (Lipinski definition) is 8. The first-order chi connectivity index (χ1) is 44.0. The van der Waals surface area contributed by atoms with E-state index in [9.17, 15) is 0 Å². The molecule has 430 valence electrons. The molecule has 0 amide bonds. The Morgan fingerprint density at radius 3 is 0.596 bits per heavy atom. The zero-order valence-corrected chi connectivity index (χ0v) is 50.5. The number of anilines is 20. The van der Waals surface area contributed by atoms with Crippen LogP contribution < -0.4 is 39.2 Å². The summed E-state index contributed by atoms with van der Waals surface area (Å²) >= 11 is 0. The molecule has 17 rings (SSSR count). The lowest BCUT2D eigenvalue weighted by molar-refractivity contribution is 0.768. The van der Waals surface area contributed by atoms with Gasteiger partial charge >= 0.3 is 0 Å². The maximum absolute atomic E-state index is 2.54. The van der Waals surface area contributed by atoms with E-state index in [1.165, 1.54) is 67.8 Å². The lowest BCUT2D eigenvalue weighted by atomic mass is 9.67. The molecular formula is C81H66N8. The highest BCUT2D eigenvalue weighted by Crippen LogP contribution is 2.63. The number of rotatable bonds is 10. The van der Waals surface area contributed by atoms with Crippen molar-refractivity contribution in [1.29, 1.82) is 0 Å². The monoisotopic (exact) mass is 1150 g/mol. The van der Waals surface area contributed by atoms with Crippen LogP contribution in [0.15, 0.2) is 279 Å². The SMILES string of the molecule is CCN1c2ccccc2N(c2cc(N3c4ccccc4N(CC)c4ccccc43)cc(C3(c4cc(N5c6ccccc6N(CC)c6ccccc65)cc(N5c6ccccc6N(CC)c6ccccc65)c4)c4ccccc4-c4ccccc43)c2)c2ccccc21. The summed E-state index contributed by atoms with van der Waals surface area (Å²) in [6.45, 7) is 12.3. The predicted octanol–water partition coefficient (Wildman–Crippen LogP) is 21.8. The molecule has 0 fully saturated rings. The van der Waals surface area contributed by atoms with Crippen LogP contribution in [0.1, 0.15) is 49.9 Å². The highest BCUT2D eigenvalue weighted by atomic mass is 15.3. The van der Waals surface area contributed by atoms with Gasteiger partial charge < -0.3 is 39.2 Å². The van der Waals surface area contributed by atoms with E-state index in [0.717, 1.165) is 106 Å². The molecule has 8 nitrogen and oxygen atoms in total. The van der Waals surface area contributed by atoms with Crippen LogP contribution in [0.3, 0.4) is 0 Å². The molecule has 1 aliphatic carbocycles. The quantitative estimate of drug-likeness (QED) is 0.134. The van der Waals surface area contributed by atoms with Gasteiger partial charge in [-0.05, 0) is 195 Å². The lowest BCUT2D eigenvalue weighted by Gasteiger charge is -2.44. The van der Waals surface area contributed by atoms with Gasteiger partial charge in [-0.2, -0.15) is 0 Å². The van der Waals surface area contributed by atoms with Crippen molar-refractivity contribution in [3.8, 4) is 11.1 Å². The fraction of sp³-hybridized carbons (Fsp3) is 0.111. The number of fused-ring (bicyclic) bond motifs is 11. The molecule has 0 aromatic heterocycles. The normalized spacial score (nSPS) is 14.4. The molecular weight excluding hydrogens is 1080 g/mol. The average Bonchev–Trinajstić information content (AvgIpc) is 1.65. The summed E-state index contributed by atoms with van der Waals surface area (Å²) < 4.78 is 0.